The molecule has 53 heavy (non-hydrogen) atoms. The molecule has 296 valence electrons. The fraction of sp³-hybridized carbons (Fsp3) is 0.649. The van der Waals surface area contributed by atoms with Crippen LogP contribution in [0.15, 0.2) is 30.5 Å². The van der Waals surface area contributed by atoms with Gasteiger partial charge in [0.25, 0.3) is 0 Å². The normalized spacial score (nSPS) is 12.8. The molecule has 16 heteroatoms. The second-order valence-electron chi connectivity index (χ2n) is 15.3. The topological polar surface area (TPSA) is 218 Å². The zero-order valence-electron chi connectivity index (χ0n) is 32.6. The Morgan fingerprint density at radius 1 is 0.887 bits per heavy atom. The van der Waals surface area contributed by atoms with Crippen LogP contribution in [0.25, 0.3) is 0 Å². The first kappa shape index (κ1) is 44.6. The average Bonchev–Trinajstić information content (AvgIpc) is 3.56. The number of primary amides is 1. The number of carbonyl (C=O) groups excluding carboxylic acids is 5. The summed E-state index contributed by atoms with van der Waals surface area (Å²) in [6.07, 6.45) is 2.47. The zero-order valence-corrected chi connectivity index (χ0v) is 32.6. The summed E-state index contributed by atoms with van der Waals surface area (Å²) in [5.74, 6) is -2.01. The molecule has 0 aliphatic heterocycles. The van der Waals surface area contributed by atoms with Gasteiger partial charge in [-0.05, 0) is 57.2 Å². The van der Waals surface area contributed by atoms with E-state index in [1.54, 1.807) is 49.7 Å². The van der Waals surface area contributed by atoms with E-state index in [0.717, 1.165) is 11.3 Å². The van der Waals surface area contributed by atoms with Gasteiger partial charge in [-0.15, -0.1) is 5.10 Å². The number of Topliss-reactive ketones (excluding diaryl/α,β-unsaturated/α-hetero) is 1. The lowest BCUT2D eigenvalue weighted by Gasteiger charge is -2.24. The van der Waals surface area contributed by atoms with Gasteiger partial charge in [0.15, 0.2) is 5.78 Å². The summed E-state index contributed by atoms with van der Waals surface area (Å²) < 4.78 is 18.2. The highest BCUT2D eigenvalue weighted by Crippen LogP contribution is 2.21. The van der Waals surface area contributed by atoms with Crippen molar-refractivity contribution in [3.8, 4) is 0 Å². The van der Waals surface area contributed by atoms with E-state index in [1.807, 2.05) is 20.0 Å². The predicted octanol–water partition coefficient (Wildman–Crippen LogP) is 3.68. The van der Waals surface area contributed by atoms with Crippen LogP contribution >= 0.6 is 0 Å². The van der Waals surface area contributed by atoms with Gasteiger partial charge in [-0.3, -0.25) is 14.4 Å². The van der Waals surface area contributed by atoms with E-state index >= 15 is 0 Å². The number of aromatic nitrogens is 3. The Labute approximate surface area is 313 Å². The van der Waals surface area contributed by atoms with Crippen LogP contribution < -0.4 is 27.0 Å². The maximum Gasteiger partial charge on any atom is 0.315 e. The maximum atomic E-state index is 13.5. The third-order valence-corrected chi connectivity index (χ3v) is 8.03. The van der Waals surface area contributed by atoms with Crippen LogP contribution in [0.4, 0.5) is 15.3 Å². The molecule has 0 saturated heterocycles. The molecule has 1 heterocycles. The van der Waals surface area contributed by atoms with Crippen LogP contribution in [0.3, 0.4) is 0 Å². The summed E-state index contributed by atoms with van der Waals surface area (Å²) in [4.78, 5) is 62.9. The van der Waals surface area contributed by atoms with Crippen LogP contribution in [0.5, 0.6) is 0 Å². The Morgan fingerprint density at radius 2 is 1.55 bits per heavy atom. The number of benzene rings is 1. The average molecular weight is 745 g/mol. The minimum absolute atomic E-state index is 0.0685. The summed E-state index contributed by atoms with van der Waals surface area (Å²) in [7, 11) is 0. The van der Waals surface area contributed by atoms with Gasteiger partial charge in [-0.1, -0.05) is 52.0 Å². The number of esters is 1. The fourth-order valence-electron chi connectivity index (χ4n) is 4.83. The van der Waals surface area contributed by atoms with Gasteiger partial charge >= 0.3 is 18.0 Å². The highest BCUT2D eigenvalue weighted by Gasteiger charge is 2.30. The summed E-state index contributed by atoms with van der Waals surface area (Å²) in [6, 6.07) is 4.80. The highest BCUT2D eigenvalue weighted by atomic mass is 16.5. The first-order valence-electron chi connectivity index (χ1n) is 18.1. The van der Waals surface area contributed by atoms with Gasteiger partial charge in [0.05, 0.1) is 50.1 Å². The number of hydrogen-bond donors (Lipinski definition) is 5. The molecule has 0 fully saturated rings. The molecule has 0 aliphatic carbocycles. The fourth-order valence-corrected chi connectivity index (χ4v) is 4.83. The molecule has 6 N–H and O–H groups in total. The minimum atomic E-state index is -0.845. The SMILES string of the molecule is CC(C)[C@H](NC(=O)NCCOCCOCCn1cc(C(C)(C)C)nn1)C(=O)C[C@@H](CCCNC(N)=O)C(=O)Nc1ccc(COC(=O)C(C)(C)C)cc1. The summed E-state index contributed by atoms with van der Waals surface area (Å²) in [5, 5.41) is 19.1. The molecule has 0 radical (unpaired) electrons. The number of anilines is 1. The van der Waals surface area contributed by atoms with Crippen LogP contribution in [-0.4, -0.2) is 90.3 Å². The number of hydrogen-bond acceptors (Lipinski definition) is 10. The van der Waals surface area contributed by atoms with E-state index in [0.29, 0.717) is 38.5 Å². The van der Waals surface area contributed by atoms with E-state index < -0.39 is 29.4 Å². The third kappa shape index (κ3) is 17.7. The zero-order chi connectivity index (χ0) is 39.6. The second-order valence-corrected chi connectivity index (χ2v) is 15.3. The van der Waals surface area contributed by atoms with Gasteiger partial charge < -0.3 is 41.2 Å². The van der Waals surface area contributed by atoms with E-state index in [2.05, 4.69) is 52.4 Å². The monoisotopic (exact) mass is 744 g/mol. The maximum absolute atomic E-state index is 13.5. The van der Waals surface area contributed by atoms with Crippen molar-refractivity contribution in [2.24, 2.45) is 23.0 Å². The Hall–Kier alpha value is -4.57. The predicted molar refractivity (Wildman–Crippen MR) is 200 cm³/mol. The largest absolute Gasteiger partial charge is 0.460 e. The van der Waals surface area contributed by atoms with E-state index in [1.165, 1.54) is 0 Å². The standard InChI is InChI=1S/C37H60N8O8/c1-25(2)31(42-35(50)40-16-18-51-20-21-52-19-17-45-23-30(43-44-45)36(3,4)5)29(46)22-27(10-9-15-39-34(38)49)32(47)41-28-13-11-26(12-14-28)24-53-33(48)37(6,7)8/h11-14,23,25,27,31H,9-10,15-22,24H2,1-8H3,(H,41,47)(H3,38,39,49)(H2,40,42,50)/t27-,31+/m1/s1. The van der Waals surface area contributed by atoms with Gasteiger partial charge in [0.2, 0.25) is 5.91 Å². The van der Waals surface area contributed by atoms with Gasteiger partial charge in [-0.2, -0.15) is 0 Å². The number of nitrogens with two attached hydrogens (primary N) is 1. The lowest BCUT2D eigenvalue weighted by atomic mass is 9.89. The third-order valence-electron chi connectivity index (χ3n) is 8.03. The van der Waals surface area contributed by atoms with Gasteiger partial charge in [0, 0.05) is 42.7 Å². The Bertz CT molecular complexity index is 1460. The van der Waals surface area contributed by atoms with Crippen molar-refractivity contribution in [2.45, 2.75) is 99.3 Å². The molecule has 5 amide bonds. The number of nitrogens with zero attached hydrogens (tertiary/aromatic N) is 3. The van der Waals surface area contributed by atoms with Crippen LogP contribution in [0.1, 0.15) is 85.9 Å². The molecule has 2 rings (SSSR count). The lowest BCUT2D eigenvalue weighted by Crippen LogP contribution is -2.49. The molecule has 0 unspecified atom stereocenters. The number of urea groups is 2. The van der Waals surface area contributed by atoms with E-state index in [9.17, 15) is 24.0 Å². The van der Waals surface area contributed by atoms with Crippen molar-refractivity contribution in [3.63, 3.8) is 0 Å². The van der Waals surface area contributed by atoms with Crippen molar-refractivity contribution in [1.82, 2.24) is 30.9 Å². The molecular weight excluding hydrogens is 684 g/mol. The number of rotatable bonds is 22. The number of amides is 5. The number of ether oxygens (including phenoxy) is 3. The quantitative estimate of drug-likeness (QED) is 0.0870. The lowest BCUT2D eigenvalue weighted by molar-refractivity contribution is -0.154. The molecule has 2 aromatic rings. The molecule has 0 saturated carbocycles. The minimum Gasteiger partial charge on any atom is -0.460 e. The Morgan fingerprint density at radius 3 is 2.13 bits per heavy atom. The molecule has 1 aromatic heterocycles. The first-order chi connectivity index (χ1) is 24.9. The Kier molecular flexibility index (Phi) is 18.4. The molecule has 2 atom stereocenters. The highest BCUT2D eigenvalue weighted by molar-refractivity contribution is 5.97. The van der Waals surface area contributed by atoms with Crippen molar-refractivity contribution >= 4 is 35.4 Å². The number of ketones is 1. The van der Waals surface area contributed by atoms with Crippen molar-refractivity contribution in [3.05, 3.63) is 41.7 Å². The summed E-state index contributed by atoms with van der Waals surface area (Å²) >= 11 is 0. The van der Waals surface area contributed by atoms with Crippen LogP contribution in [0.2, 0.25) is 0 Å². The van der Waals surface area contributed by atoms with Gasteiger partial charge in [0.1, 0.15) is 6.61 Å². The second kappa shape index (κ2) is 21.8. The summed E-state index contributed by atoms with van der Waals surface area (Å²) in [6.45, 7) is 17.7. The smallest absolute Gasteiger partial charge is 0.315 e. The van der Waals surface area contributed by atoms with Crippen molar-refractivity contribution in [2.75, 3.05) is 44.8 Å². The first-order valence-corrected chi connectivity index (χ1v) is 18.1. The van der Waals surface area contributed by atoms with Gasteiger partial charge in [-0.25, -0.2) is 14.3 Å². The van der Waals surface area contributed by atoms with E-state index in [4.69, 9.17) is 19.9 Å². The van der Waals surface area contributed by atoms with Crippen molar-refractivity contribution in [1.29, 1.82) is 0 Å². The molecule has 16 nitrogen and oxygen atoms in total. The number of carbonyl (C=O) groups is 5. The molecular formula is C37H60N8O8. The molecule has 0 aliphatic rings. The molecule has 0 bridgehead atoms. The van der Waals surface area contributed by atoms with Crippen LogP contribution in [0, 0.1) is 17.3 Å². The van der Waals surface area contributed by atoms with E-state index in [-0.39, 0.29) is 68.1 Å². The summed E-state index contributed by atoms with van der Waals surface area (Å²) in [5.41, 5.74) is 6.65. The van der Waals surface area contributed by atoms with Crippen molar-refractivity contribution < 1.29 is 38.2 Å². The van der Waals surface area contributed by atoms with Crippen LogP contribution in [-0.2, 0) is 47.2 Å². The molecule has 1 aromatic carbocycles. The number of nitrogens with one attached hydrogen (secondary N) is 4. The molecule has 0 spiro atoms. The Balaban J connectivity index is 1.82.